The van der Waals surface area contributed by atoms with E-state index in [9.17, 15) is 4.79 Å². The number of rotatable bonds is 3. The van der Waals surface area contributed by atoms with Gasteiger partial charge in [-0.15, -0.1) is 0 Å². The monoisotopic (exact) mass is 276 g/mol. The molecule has 0 radical (unpaired) electrons. The largest absolute Gasteiger partial charge is 0.325 e. The van der Waals surface area contributed by atoms with Gasteiger partial charge in [0.05, 0.1) is 5.69 Å². The number of urea groups is 1. The Kier molecular flexibility index (Phi) is 4.33. The molecule has 4 N–H and O–H groups in total. The fraction of sp³-hybridized carbons (Fsp3) is 0.0769. The van der Waals surface area contributed by atoms with Crippen molar-refractivity contribution in [2.24, 2.45) is 5.73 Å². The number of hydrogen-bond acceptors (Lipinski definition) is 3. The first-order chi connectivity index (χ1) is 9.17. The molecule has 2 rings (SSSR count). The first-order valence-electron chi connectivity index (χ1n) is 5.67. The number of carbonyl (C=O) groups is 1. The van der Waals surface area contributed by atoms with Crippen LogP contribution in [0, 0.1) is 0 Å². The number of pyridine rings is 1. The second kappa shape index (κ2) is 6.17. The van der Waals surface area contributed by atoms with Crippen LogP contribution in [0.1, 0.15) is 5.69 Å². The molecule has 19 heavy (non-hydrogen) atoms. The second-order valence-electron chi connectivity index (χ2n) is 3.80. The van der Waals surface area contributed by atoms with E-state index in [1.54, 1.807) is 42.5 Å². The van der Waals surface area contributed by atoms with Gasteiger partial charge in [0.15, 0.2) is 0 Å². The molecule has 5 nitrogen and oxygen atoms in total. The number of nitrogens with zero attached hydrogens (tertiary/aromatic N) is 1. The number of benzene rings is 1. The van der Waals surface area contributed by atoms with Crippen molar-refractivity contribution < 1.29 is 4.79 Å². The number of hydrogen-bond donors (Lipinski definition) is 3. The number of nitrogens with one attached hydrogen (secondary N) is 2. The van der Waals surface area contributed by atoms with Gasteiger partial charge in [-0.25, -0.2) is 9.78 Å². The molecule has 0 spiro atoms. The number of nitrogens with two attached hydrogens (primary N) is 1. The summed E-state index contributed by atoms with van der Waals surface area (Å²) >= 11 is 5.76. The van der Waals surface area contributed by atoms with Crippen molar-refractivity contribution in [2.45, 2.75) is 6.54 Å². The molecule has 1 aromatic heterocycles. The summed E-state index contributed by atoms with van der Waals surface area (Å²) in [6.45, 7) is 0.328. The highest BCUT2D eigenvalue weighted by Crippen LogP contribution is 2.13. The van der Waals surface area contributed by atoms with Crippen molar-refractivity contribution in [3.8, 4) is 0 Å². The number of carbonyl (C=O) groups excluding carboxylic acids is 1. The zero-order valence-corrected chi connectivity index (χ0v) is 10.8. The minimum absolute atomic E-state index is 0.328. The van der Waals surface area contributed by atoms with E-state index < -0.39 is 0 Å². The van der Waals surface area contributed by atoms with Crippen LogP contribution in [0.15, 0.2) is 42.5 Å². The van der Waals surface area contributed by atoms with Gasteiger partial charge in [0.1, 0.15) is 5.82 Å². The molecule has 98 valence electrons. The number of halogens is 1. The molecular weight excluding hydrogens is 264 g/mol. The highest BCUT2D eigenvalue weighted by molar-refractivity contribution is 6.30. The Morgan fingerprint density at radius 3 is 2.58 bits per heavy atom. The molecule has 1 heterocycles. The summed E-state index contributed by atoms with van der Waals surface area (Å²) in [6, 6.07) is 11.7. The summed E-state index contributed by atoms with van der Waals surface area (Å²) in [7, 11) is 0. The lowest BCUT2D eigenvalue weighted by Gasteiger charge is -2.07. The van der Waals surface area contributed by atoms with Gasteiger partial charge in [-0.3, -0.25) is 5.32 Å². The Bertz CT molecular complexity index is 571. The average molecular weight is 277 g/mol. The lowest BCUT2D eigenvalue weighted by molar-refractivity contribution is 0.262. The second-order valence-corrected chi connectivity index (χ2v) is 4.24. The minimum Gasteiger partial charge on any atom is -0.325 e. The van der Waals surface area contributed by atoms with E-state index in [1.807, 2.05) is 0 Å². The van der Waals surface area contributed by atoms with Crippen molar-refractivity contribution in [1.29, 1.82) is 0 Å². The quantitative estimate of drug-likeness (QED) is 0.806. The van der Waals surface area contributed by atoms with Gasteiger partial charge in [0.25, 0.3) is 0 Å². The minimum atomic E-state index is -0.371. The van der Waals surface area contributed by atoms with Gasteiger partial charge in [-0.1, -0.05) is 17.7 Å². The van der Waals surface area contributed by atoms with Crippen LogP contribution in [0.25, 0.3) is 0 Å². The molecule has 0 saturated carbocycles. The number of anilines is 2. The Morgan fingerprint density at radius 1 is 1.16 bits per heavy atom. The summed E-state index contributed by atoms with van der Waals surface area (Å²) in [4.78, 5) is 15.9. The molecule has 2 amide bonds. The lowest BCUT2D eigenvalue weighted by Crippen LogP contribution is -2.20. The van der Waals surface area contributed by atoms with Crippen LogP contribution in [-0.4, -0.2) is 11.0 Å². The molecule has 0 bridgehead atoms. The Labute approximate surface area is 115 Å². The van der Waals surface area contributed by atoms with E-state index >= 15 is 0 Å². The topological polar surface area (TPSA) is 80.0 Å². The highest BCUT2D eigenvalue weighted by atomic mass is 35.5. The average Bonchev–Trinajstić information content (AvgIpc) is 2.41. The Balaban J connectivity index is 1.99. The van der Waals surface area contributed by atoms with Gasteiger partial charge >= 0.3 is 6.03 Å². The third-order valence-corrected chi connectivity index (χ3v) is 2.61. The normalized spacial score (nSPS) is 10.0. The van der Waals surface area contributed by atoms with Crippen molar-refractivity contribution in [2.75, 3.05) is 10.6 Å². The van der Waals surface area contributed by atoms with Crippen LogP contribution < -0.4 is 16.4 Å². The van der Waals surface area contributed by atoms with Gasteiger partial charge in [-0.2, -0.15) is 0 Å². The molecule has 0 fully saturated rings. The van der Waals surface area contributed by atoms with Gasteiger partial charge in [-0.05, 0) is 36.4 Å². The van der Waals surface area contributed by atoms with Gasteiger partial charge in [0.2, 0.25) is 0 Å². The van der Waals surface area contributed by atoms with E-state index in [0.29, 0.717) is 28.8 Å². The molecule has 0 aliphatic carbocycles. The third-order valence-electron chi connectivity index (χ3n) is 2.36. The van der Waals surface area contributed by atoms with Crippen molar-refractivity contribution >= 4 is 29.1 Å². The van der Waals surface area contributed by atoms with Gasteiger partial charge in [0, 0.05) is 17.3 Å². The van der Waals surface area contributed by atoms with E-state index in [-0.39, 0.29) is 6.03 Å². The van der Waals surface area contributed by atoms with E-state index in [0.717, 1.165) is 0 Å². The van der Waals surface area contributed by atoms with Gasteiger partial charge < -0.3 is 11.1 Å². The molecule has 0 saturated heterocycles. The molecular formula is C13H13ClN4O. The summed E-state index contributed by atoms with van der Waals surface area (Å²) < 4.78 is 0. The van der Waals surface area contributed by atoms with Crippen molar-refractivity contribution in [3.63, 3.8) is 0 Å². The molecule has 2 aromatic rings. The zero-order valence-electron chi connectivity index (χ0n) is 10.1. The molecule has 0 aliphatic heterocycles. The van der Waals surface area contributed by atoms with E-state index in [4.69, 9.17) is 17.3 Å². The fourth-order valence-corrected chi connectivity index (χ4v) is 1.60. The SMILES string of the molecule is NCc1cccc(NC(=O)Nc2ccc(Cl)cc2)n1. The molecule has 1 aromatic carbocycles. The maximum Gasteiger partial charge on any atom is 0.324 e. The van der Waals surface area contributed by atoms with Crippen LogP contribution in [0.2, 0.25) is 5.02 Å². The summed E-state index contributed by atoms with van der Waals surface area (Å²) in [5.74, 6) is 0.453. The van der Waals surface area contributed by atoms with Crippen LogP contribution >= 0.6 is 11.6 Å². The first-order valence-corrected chi connectivity index (χ1v) is 6.05. The van der Waals surface area contributed by atoms with Crippen LogP contribution in [0.3, 0.4) is 0 Å². The molecule has 6 heteroatoms. The molecule has 0 unspecified atom stereocenters. The maximum atomic E-state index is 11.7. The van der Waals surface area contributed by atoms with Crippen LogP contribution in [0.5, 0.6) is 0 Å². The van der Waals surface area contributed by atoms with Crippen LogP contribution in [-0.2, 0) is 6.54 Å². The lowest BCUT2D eigenvalue weighted by atomic mass is 10.3. The standard InChI is InChI=1S/C13H13ClN4O/c14-9-4-6-10(7-5-9)17-13(19)18-12-3-1-2-11(8-15)16-12/h1-7H,8,15H2,(H2,16,17,18,19). The number of aromatic nitrogens is 1. The van der Waals surface area contributed by atoms with E-state index in [2.05, 4.69) is 15.6 Å². The molecule has 0 aliphatic rings. The predicted molar refractivity (Wildman–Crippen MR) is 76.2 cm³/mol. The smallest absolute Gasteiger partial charge is 0.324 e. The maximum absolute atomic E-state index is 11.7. The van der Waals surface area contributed by atoms with Crippen LogP contribution in [0.4, 0.5) is 16.3 Å². The predicted octanol–water partition coefficient (Wildman–Crippen LogP) is 2.84. The Morgan fingerprint density at radius 2 is 1.89 bits per heavy atom. The summed E-state index contributed by atoms with van der Waals surface area (Å²) in [6.07, 6.45) is 0. The summed E-state index contributed by atoms with van der Waals surface area (Å²) in [5, 5.41) is 5.92. The third kappa shape index (κ3) is 3.94. The summed E-state index contributed by atoms with van der Waals surface area (Å²) in [5.41, 5.74) is 6.85. The zero-order chi connectivity index (χ0) is 13.7. The highest BCUT2D eigenvalue weighted by Gasteiger charge is 2.04. The Hall–Kier alpha value is -2.11. The van der Waals surface area contributed by atoms with Crippen molar-refractivity contribution in [3.05, 3.63) is 53.2 Å². The first kappa shape index (κ1) is 13.3. The fourth-order valence-electron chi connectivity index (χ4n) is 1.47. The molecule has 0 atom stereocenters. The van der Waals surface area contributed by atoms with E-state index in [1.165, 1.54) is 0 Å². The van der Waals surface area contributed by atoms with Crippen molar-refractivity contribution in [1.82, 2.24) is 4.98 Å². The number of amides is 2.